The lowest BCUT2D eigenvalue weighted by Crippen LogP contribution is -2.31. The fourth-order valence-corrected chi connectivity index (χ4v) is 2.08. The molecule has 0 radical (unpaired) electrons. The van der Waals surface area contributed by atoms with Gasteiger partial charge in [0.25, 0.3) is 5.91 Å². The number of anilines is 1. The zero-order valence-corrected chi connectivity index (χ0v) is 13.3. The highest BCUT2D eigenvalue weighted by Gasteiger charge is 2.13. The van der Waals surface area contributed by atoms with Crippen LogP contribution in [0.4, 0.5) is 5.69 Å². The number of benzene rings is 2. The Morgan fingerprint density at radius 2 is 1.74 bits per heavy atom. The van der Waals surface area contributed by atoms with E-state index in [0.29, 0.717) is 16.3 Å². The van der Waals surface area contributed by atoms with Crippen molar-refractivity contribution in [1.29, 1.82) is 0 Å². The average Bonchev–Trinajstić information content (AvgIpc) is 2.54. The molecule has 1 atom stereocenters. The number of ether oxygens (including phenoxy) is 1. The van der Waals surface area contributed by atoms with Crippen molar-refractivity contribution in [3.8, 4) is 0 Å². The number of esters is 1. The molecule has 0 unspecified atom stereocenters. The van der Waals surface area contributed by atoms with Crippen LogP contribution in [-0.4, -0.2) is 18.5 Å². The summed E-state index contributed by atoms with van der Waals surface area (Å²) in [6, 6.07) is 13.2. The van der Waals surface area contributed by atoms with Gasteiger partial charge in [-0.15, -0.1) is 0 Å². The van der Waals surface area contributed by atoms with Crippen LogP contribution in [0.5, 0.6) is 0 Å². The van der Waals surface area contributed by atoms with Crippen LogP contribution in [0.15, 0.2) is 48.5 Å². The molecular formula is C17H17ClN2O3. The molecule has 0 saturated heterocycles. The molecule has 0 aliphatic rings. The summed E-state index contributed by atoms with van der Waals surface area (Å²) < 4.78 is 4.97. The minimum Gasteiger partial charge on any atom is -0.452 e. The topological polar surface area (TPSA) is 81.4 Å². The predicted octanol–water partition coefficient (Wildman–Crippen LogP) is 2.96. The number of nitrogens with two attached hydrogens (primary N) is 1. The van der Waals surface area contributed by atoms with Crippen molar-refractivity contribution in [3.05, 3.63) is 64.7 Å². The average molecular weight is 333 g/mol. The van der Waals surface area contributed by atoms with E-state index < -0.39 is 5.97 Å². The van der Waals surface area contributed by atoms with Gasteiger partial charge < -0.3 is 15.8 Å². The second-order valence-corrected chi connectivity index (χ2v) is 5.48. The third kappa shape index (κ3) is 5.00. The first-order valence-corrected chi connectivity index (χ1v) is 7.41. The zero-order valence-electron chi connectivity index (χ0n) is 12.6. The van der Waals surface area contributed by atoms with Crippen molar-refractivity contribution in [2.45, 2.75) is 13.0 Å². The van der Waals surface area contributed by atoms with Crippen LogP contribution in [0, 0.1) is 0 Å². The van der Waals surface area contributed by atoms with Gasteiger partial charge in [0.2, 0.25) is 0 Å². The van der Waals surface area contributed by atoms with E-state index in [-0.39, 0.29) is 18.6 Å². The second-order valence-electron chi connectivity index (χ2n) is 5.04. The lowest BCUT2D eigenvalue weighted by molar-refractivity contribution is -0.124. The monoisotopic (exact) mass is 332 g/mol. The van der Waals surface area contributed by atoms with Crippen LogP contribution in [0.25, 0.3) is 0 Å². The molecule has 120 valence electrons. The molecule has 0 saturated carbocycles. The van der Waals surface area contributed by atoms with E-state index in [4.69, 9.17) is 22.1 Å². The molecule has 0 spiro atoms. The first-order valence-electron chi connectivity index (χ1n) is 7.03. The summed E-state index contributed by atoms with van der Waals surface area (Å²) in [5, 5.41) is 3.38. The Morgan fingerprint density at radius 3 is 2.35 bits per heavy atom. The maximum atomic E-state index is 11.8. The van der Waals surface area contributed by atoms with E-state index in [1.807, 2.05) is 19.1 Å². The summed E-state index contributed by atoms with van der Waals surface area (Å²) in [6.07, 6.45) is 0. The summed E-state index contributed by atoms with van der Waals surface area (Å²) in [6.45, 7) is 1.49. The number of rotatable bonds is 5. The lowest BCUT2D eigenvalue weighted by atomic mass is 10.1. The summed E-state index contributed by atoms with van der Waals surface area (Å²) >= 11 is 5.82. The van der Waals surface area contributed by atoms with Gasteiger partial charge in [-0.3, -0.25) is 4.79 Å². The van der Waals surface area contributed by atoms with Crippen molar-refractivity contribution >= 4 is 29.2 Å². The van der Waals surface area contributed by atoms with Gasteiger partial charge in [0, 0.05) is 10.7 Å². The number of halogens is 1. The molecular weight excluding hydrogens is 316 g/mol. The molecule has 0 aliphatic carbocycles. The molecule has 1 amide bonds. The maximum Gasteiger partial charge on any atom is 0.338 e. The Kier molecular flexibility index (Phi) is 5.60. The van der Waals surface area contributed by atoms with Gasteiger partial charge in [0.1, 0.15) is 0 Å². The molecule has 0 bridgehead atoms. The number of hydrogen-bond donors (Lipinski definition) is 2. The first-order chi connectivity index (χ1) is 11.0. The Labute approximate surface area is 139 Å². The number of carbonyl (C=O) groups excluding carboxylic acids is 2. The standard InChI is InChI=1S/C17H17ClN2O3/c1-11(12-2-6-14(18)7-3-12)20-16(21)10-23-17(22)13-4-8-15(19)9-5-13/h2-9,11H,10,19H2,1H3,(H,20,21)/t11-/m0/s1. The fourth-order valence-electron chi connectivity index (χ4n) is 1.95. The van der Waals surface area contributed by atoms with Gasteiger partial charge in [0.05, 0.1) is 11.6 Å². The first kappa shape index (κ1) is 16.8. The van der Waals surface area contributed by atoms with Gasteiger partial charge in [-0.25, -0.2) is 4.79 Å². The minimum absolute atomic E-state index is 0.213. The van der Waals surface area contributed by atoms with E-state index in [1.54, 1.807) is 36.4 Å². The van der Waals surface area contributed by atoms with E-state index >= 15 is 0 Å². The lowest BCUT2D eigenvalue weighted by Gasteiger charge is -2.14. The molecule has 2 rings (SSSR count). The molecule has 0 fully saturated rings. The molecule has 23 heavy (non-hydrogen) atoms. The summed E-state index contributed by atoms with van der Waals surface area (Å²) in [7, 11) is 0. The highest BCUT2D eigenvalue weighted by Crippen LogP contribution is 2.16. The quantitative estimate of drug-likeness (QED) is 0.651. The maximum absolute atomic E-state index is 11.8. The van der Waals surface area contributed by atoms with Crippen molar-refractivity contribution in [2.75, 3.05) is 12.3 Å². The summed E-state index contributed by atoms with van der Waals surface area (Å²) in [5.41, 5.74) is 7.35. The summed E-state index contributed by atoms with van der Waals surface area (Å²) in [4.78, 5) is 23.6. The van der Waals surface area contributed by atoms with Crippen LogP contribution in [0.3, 0.4) is 0 Å². The molecule has 0 heterocycles. The van der Waals surface area contributed by atoms with Crippen LogP contribution in [-0.2, 0) is 9.53 Å². The molecule has 0 aromatic heterocycles. The predicted molar refractivity (Wildman–Crippen MR) is 89.1 cm³/mol. The SMILES string of the molecule is C[C@H](NC(=O)COC(=O)c1ccc(N)cc1)c1ccc(Cl)cc1. The number of nitrogens with one attached hydrogen (secondary N) is 1. The molecule has 3 N–H and O–H groups in total. The molecule has 5 nitrogen and oxygen atoms in total. The number of hydrogen-bond acceptors (Lipinski definition) is 4. The Morgan fingerprint density at radius 1 is 1.13 bits per heavy atom. The van der Waals surface area contributed by atoms with Crippen LogP contribution >= 0.6 is 11.6 Å². The fraction of sp³-hybridized carbons (Fsp3) is 0.176. The van der Waals surface area contributed by atoms with Crippen molar-refractivity contribution < 1.29 is 14.3 Å². The summed E-state index contributed by atoms with van der Waals surface area (Å²) in [5.74, 6) is -0.949. The Bertz CT molecular complexity index is 684. The molecule has 2 aromatic rings. The largest absolute Gasteiger partial charge is 0.452 e. The number of nitrogen functional groups attached to an aromatic ring is 1. The van der Waals surface area contributed by atoms with Gasteiger partial charge >= 0.3 is 5.97 Å². The van der Waals surface area contributed by atoms with E-state index in [1.165, 1.54) is 0 Å². The van der Waals surface area contributed by atoms with E-state index in [9.17, 15) is 9.59 Å². The van der Waals surface area contributed by atoms with Gasteiger partial charge in [-0.1, -0.05) is 23.7 Å². The molecule has 2 aromatic carbocycles. The highest BCUT2D eigenvalue weighted by atomic mass is 35.5. The van der Waals surface area contributed by atoms with Gasteiger partial charge in [0.15, 0.2) is 6.61 Å². The third-order valence-corrected chi connectivity index (χ3v) is 3.48. The molecule has 6 heteroatoms. The van der Waals surface area contributed by atoms with E-state index in [0.717, 1.165) is 5.56 Å². The van der Waals surface area contributed by atoms with Crippen LogP contribution in [0.1, 0.15) is 28.9 Å². The Balaban J connectivity index is 1.83. The minimum atomic E-state index is -0.570. The normalized spacial score (nSPS) is 11.6. The second kappa shape index (κ2) is 7.65. The van der Waals surface area contributed by atoms with Crippen LogP contribution in [0.2, 0.25) is 5.02 Å². The Hall–Kier alpha value is -2.53. The number of amides is 1. The smallest absolute Gasteiger partial charge is 0.338 e. The van der Waals surface area contributed by atoms with Gasteiger partial charge in [-0.2, -0.15) is 0 Å². The number of carbonyl (C=O) groups is 2. The van der Waals surface area contributed by atoms with Crippen molar-refractivity contribution in [1.82, 2.24) is 5.32 Å². The van der Waals surface area contributed by atoms with Crippen molar-refractivity contribution in [2.24, 2.45) is 0 Å². The highest BCUT2D eigenvalue weighted by molar-refractivity contribution is 6.30. The van der Waals surface area contributed by atoms with Gasteiger partial charge in [-0.05, 0) is 48.9 Å². The molecule has 0 aliphatic heterocycles. The zero-order chi connectivity index (χ0) is 16.8. The van der Waals surface area contributed by atoms with E-state index in [2.05, 4.69) is 5.32 Å². The van der Waals surface area contributed by atoms with Crippen LogP contribution < -0.4 is 11.1 Å². The third-order valence-electron chi connectivity index (χ3n) is 3.23. The van der Waals surface area contributed by atoms with Crippen molar-refractivity contribution in [3.63, 3.8) is 0 Å².